The molecule has 2 aliphatic heterocycles. The molecule has 1 N–H and O–H groups in total. The van der Waals surface area contributed by atoms with Gasteiger partial charge in [0.25, 0.3) is 5.91 Å². The fourth-order valence-electron chi connectivity index (χ4n) is 3.63. The van der Waals surface area contributed by atoms with Gasteiger partial charge < -0.3 is 24.2 Å². The fourth-order valence-corrected chi connectivity index (χ4v) is 3.63. The van der Waals surface area contributed by atoms with Gasteiger partial charge in [-0.3, -0.25) is 14.5 Å². The van der Waals surface area contributed by atoms with Crippen LogP contribution >= 0.6 is 0 Å². The van der Waals surface area contributed by atoms with Crippen LogP contribution in [-0.2, 0) is 25.7 Å². The lowest BCUT2D eigenvalue weighted by Crippen LogP contribution is -2.53. The van der Waals surface area contributed by atoms with Crippen molar-refractivity contribution in [3.05, 3.63) is 29.8 Å². The smallest absolute Gasteiger partial charge is 0.407 e. The Morgan fingerprint density at radius 3 is 2.59 bits per heavy atom. The first-order valence-electron chi connectivity index (χ1n) is 9.43. The van der Waals surface area contributed by atoms with E-state index < -0.39 is 29.6 Å². The molecule has 0 spiro atoms. The van der Waals surface area contributed by atoms with Crippen LogP contribution in [0.4, 0.5) is 4.79 Å². The standard InChI is InChI=1S/C20H26N2O7/c1-20(2,18(24)29-11-13-4-6-14(27-3)7-5-13)12-21-10-15-16(17(21)23)28-9-8-22(15)19(25)26/h4-7,15-16H,8-12H2,1-3H3,(H,25,26). The molecule has 0 bridgehead atoms. The average Bonchev–Trinajstić information content (AvgIpc) is 3.01. The van der Waals surface area contributed by atoms with Gasteiger partial charge in [-0.25, -0.2) is 4.79 Å². The van der Waals surface area contributed by atoms with Gasteiger partial charge >= 0.3 is 12.1 Å². The molecule has 9 nitrogen and oxygen atoms in total. The van der Waals surface area contributed by atoms with Gasteiger partial charge in [0.2, 0.25) is 0 Å². The quantitative estimate of drug-likeness (QED) is 0.711. The monoisotopic (exact) mass is 406 g/mol. The summed E-state index contributed by atoms with van der Waals surface area (Å²) < 4.78 is 16.0. The Bertz CT molecular complexity index is 778. The second kappa shape index (κ2) is 8.28. The summed E-state index contributed by atoms with van der Waals surface area (Å²) in [5.41, 5.74) is -0.132. The van der Waals surface area contributed by atoms with Crippen molar-refractivity contribution in [1.29, 1.82) is 0 Å². The predicted octanol–water partition coefficient (Wildman–Crippen LogP) is 1.35. The van der Waals surface area contributed by atoms with E-state index >= 15 is 0 Å². The molecule has 29 heavy (non-hydrogen) atoms. The minimum absolute atomic E-state index is 0.112. The number of carboxylic acid groups (broad SMARTS) is 1. The molecule has 9 heteroatoms. The Morgan fingerprint density at radius 1 is 1.28 bits per heavy atom. The molecule has 0 radical (unpaired) electrons. The van der Waals surface area contributed by atoms with Crippen molar-refractivity contribution in [1.82, 2.24) is 9.80 Å². The maximum Gasteiger partial charge on any atom is 0.407 e. The molecule has 2 saturated heterocycles. The SMILES string of the molecule is COc1ccc(COC(=O)C(C)(C)CN2CC3C(OCCN3C(=O)O)C2=O)cc1. The number of rotatable bonds is 6. The van der Waals surface area contributed by atoms with Crippen molar-refractivity contribution in [2.24, 2.45) is 5.41 Å². The highest BCUT2D eigenvalue weighted by molar-refractivity contribution is 5.86. The molecule has 0 aliphatic carbocycles. The van der Waals surface area contributed by atoms with Gasteiger partial charge in [-0.15, -0.1) is 0 Å². The lowest BCUT2D eigenvalue weighted by Gasteiger charge is -2.33. The molecule has 158 valence electrons. The van der Waals surface area contributed by atoms with Gasteiger partial charge in [-0.1, -0.05) is 12.1 Å². The summed E-state index contributed by atoms with van der Waals surface area (Å²) in [5.74, 6) is -0.0176. The number of fused-ring (bicyclic) bond motifs is 1. The van der Waals surface area contributed by atoms with Crippen molar-refractivity contribution in [2.45, 2.75) is 32.6 Å². The number of benzene rings is 1. The van der Waals surface area contributed by atoms with E-state index in [1.165, 1.54) is 9.80 Å². The van der Waals surface area contributed by atoms with Crippen LogP contribution in [0, 0.1) is 5.41 Å². The van der Waals surface area contributed by atoms with E-state index in [9.17, 15) is 19.5 Å². The van der Waals surface area contributed by atoms with E-state index in [4.69, 9.17) is 14.2 Å². The predicted molar refractivity (Wildman–Crippen MR) is 101 cm³/mol. The van der Waals surface area contributed by atoms with E-state index in [1.807, 2.05) is 12.1 Å². The van der Waals surface area contributed by atoms with Crippen LogP contribution in [0.2, 0.25) is 0 Å². The van der Waals surface area contributed by atoms with Crippen LogP contribution in [0.1, 0.15) is 19.4 Å². The third-order valence-electron chi connectivity index (χ3n) is 5.26. The fraction of sp³-hybridized carbons (Fsp3) is 0.550. The molecular weight excluding hydrogens is 380 g/mol. The first-order valence-corrected chi connectivity index (χ1v) is 9.43. The van der Waals surface area contributed by atoms with E-state index in [2.05, 4.69) is 0 Å². The van der Waals surface area contributed by atoms with E-state index in [1.54, 1.807) is 33.1 Å². The number of esters is 1. The van der Waals surface area contributed by atoms with Crippen molar-refractivity contribution < 1.29 is 33.7 Å². The molecule has 0 aromatic heterocycles. The molecule has 2 heterocycles. The Kier molecular flexibility index (Phi) is 5.97. The number of hydrogen-bond acceptors (Lipinski definition) is 6. The molecule has 2 unspecified atom stereocenters. The molecule has 3 rings (SSSR count). The van der Waals surface area contributed by atoms with E-state index in [0.29, 0.717) is 5.75 Å². The van der Waals surface area contributed by atoms with Crippen LogP contribution in [0.5, 0.6) is 5.75 Å². The number of ether oxygens (including phenoxy) is 3. The minimum atomic E-state index is -1.07. The lowest BCUT2D eigenvalue weighted by atomic mass is 9.93. The maximum absolute atomic E-state index is 12.7. The van der Waals surface area contributed by atoms with Gasteiger partial charge in [0.15, 0.2) is 6.10 Å². The summed E-state index contributed by atoms with van der Waals surface area (Å²) in [4.78, 5) is 39.4. The summed E-state index contributed by atoms with van der Waals surface area (Å²) in [6.07, 6.45) is -1.89. The molecule has 2 amide bonds. The number of carbonyl (C=O) groups is 3. The van der Waals surface area contributed by atoms with Crippen LogP contribution in [-0.4, -0.2) is 78.4 Å². The lowest BCUT2D eigenvalue weighted by molar-refractivity contribution is -0.157. The summed E-state index contributed by atoms with van der Waals surface area (Å²) in [7, 11) is 1.58. The molecule has 2 aliphatic rings. The van der Waals surface area contributed by atoms with Crippen molar-refractivity contribution in [3.8, 4) is 5.75 Å². The second-order valence-corrected chi connectivity index (χ2v) is 7.86. The van der Waals surface area contributed by atoms with Gasteiger partial charge in [-0.2, -0.15) is 0 Å². The molecule has 0 saturated carbocycles. The summed E-state index contributed by atoms with van der Waals surface area (Å²) in [5, 5.41) is 9.35. The molecule has 2 fully saturated rings. The number of likely N-dealkylation sites (tertiary alicyclic amines) is 1. The van der Waals surface area contributed by atoms with Crippen LogP contribution in [0.15, 0.2) is 24.3 Å². The summed E-state index contributed by atoms with van der Waals surface area (Å²) in [6, 6.07) is 6.64. The number of carbonyl (C=O) groups excluding carboxylic acids is 2. The third kappa shape index (κ3) is 4.45. The van der Waals surface area contributed by atoms with Crippen molar-refractivity contribution >= 4 is 18.0 Å². The van der Waals surface area contributed by atoms with Gasteiger partial charge in [0.05, 0.1) is 25.2 Å². The van der Waals surface area contributed by atoms with E-state index in [0.717, 1.165) is 5.56 Å². The van der Waals surface area contributed by atoms with E-state index in [-0.39, 0.29) is 38.8 Å². The highest BCUT2D eigenvalue weighted by Crippen LogP contribution is 2.28. The summed E-state index contributed by atoms with van der Waals surface area (Å²) >= 11 is 0. The van der Waals surface area contributed by atoms with Gasteiger partial charge in [-0.05, 0) is 31.5 Å². The second-order valence-electron chi connectivity index (χ2n) is 7.86. The van der Waals surface area contributed by atoms with Crippen molar-refractivity contribution in [3.63, 3.8) is 0 Å². The number of methoxy groups -OCH3 is 1. The molecule has 1 aromatic carbocycles. The molecule has 1 aromatic rings. The first-order chi connectivity index (χ1) is 13.7. The highest BCUT2D eigenvalue weighted by atomic mass is 16.5. The molecular formula is C20H26N2O7. The minimum Gasteiger partial charge on any atom is -0.497 e. The number of hydrogen-bond donors (Lipinski definition) is 1. The third-order valence-corrected chi connectivity index (χ3v) is 5.26. The number of nitrogens with zero attached hydrogens (tertiary/aromatic N) is 2. The normalized spacial score (nSPS) is 21.7. The Hall–Kier alpha value is -2.81. The largest absolute Gasteiger partial charge is 0.497 e. The Morgan fingerprint density at radius 2 is 1.97 bits per heavy atom. The zero-order valence-corrected chi connectivity index (χ0v) is 16.8. The highest BCUT2D eigenvalue weighted by Gasteiger charge is 2.49. The zero-order valence-electron chi connectivity index (χ0n) is 16.8. The maximum atomic E-state index is 12.7. The van der Waals surface area contributed by atoms with Crippen molar-refractivity contribution in [2.75, 3.05) is 33.4 Å². The van der Waals surface area contributed by atoms with Crippen LogP contribution in [0.25, 0.3) is 0 Å². The zero-order chi connectivity index (χ0) is 21.2. The first kappa shape index (κ1) is 20.9. The van der Waals surface area contributed by atoms with Crippen LogP contribution < -0.4 is 4.74 Å². The number of amides is 2. The molecule has 2 atom stereocenters. The average molecular weight is 406 g/mol. The van der Waals surface area contributed by atoms with Gasteiger partial charge in [0.1, 0.15) is 12.4 Å². The van der Waals surface area contributed by atoms with Crippen LogP contribution in [0.3, 0.4) is 0 Å². The Balaban J connectivity index is 1.59. The Labute approximate surface area is 169 Å². The summed E-state index contributed by atoms with van der Waals surface area (Å²) in [6.45, 7) is 4.25. The topological polar surface area (TPSA) is 106 Å². The number of morpholine rings is 1. The van der Waals surface area contributed by atoms with Gasteiger partial charge in [0, 0.05) is 19.6 Å².